The number of piperidine rings is 1. The van der Waals surface area contributed by atoms with E-state index in [0.29, 0.717) is 35.7 Å². The molecule has 5 rings (SSSR count). The molecule has 2 aromatic carbocycles. The van der Waals surface area contributed by atoms with Crippen LogP contribution in [0.3, 0.4) is 0 Å². The van der Waals surface area contributed by atoms with Crippen molar-refractivity contribution >= 4 is 34.8 Å². The van der Waals surface area contributed by atoms with Crippen LogP contribution in [0.2, 0.25) is 0 Å². The molecule has 2 N–H and O–H groups in total. The van der Waals surface area contributed by atoms with Crippen molar-refractivity contribution in [3.8, 4) is 11.4 Å². The molecule has 1 aliphatic rings. The maximum atomic E-state index is 12.0. The summed E-state index contributed by atoms with van der Waals surface area (Å²) in [5, 5.41) is 22.2. The van der Waals surface area contributed by atoms with Gasteiger partial charge in [0, 0.05) is 34.5 Å². The van der Waals surface area contributed by atoms with Gasteiger partial charge in [-0.05, 0) is 49.2 Å². The van der Waals surface area contributed by atoms with Crippen molar-refractivity contribution in [2.75, 3.05) is 23.3 Å². The van der Waals surface area contributed by atoms with E-state index in [0.717, 1.165) is 18.4 Å². The Balaban J connectivity index is 1.31. The van der Waals surface area contributed by atoms with Gasteiger partial charge in [-0.3, -0.25) is 15.2 Å². The number of aromatic nitrogens is 5. The molecule has 1 fully saturated rings. The van der Waals surface area contributed by atoms with Gasteiger partial charge >= 0.3 is 5.69 Å². The molecule has 3 heterocycles. The molecular weight excluding hydrogens is 452 g/mol. The van der Waals surface area contributed by atoms with E-state index in [2.05, 4.69) is 42.6 Å². The van der Waals surface area contributed by atoms with Gasteiger partial charge in [0.1, 0.15) is 12.7 Å². The van der Waals surface area contributed by atoms with E-state index in [4.69, 9.17) is 0 Å². The topological polar surface area (TPSA) is 126 Å². The fourth-order valence-corrected chi connectivity index (χ4v) is 5.08. The number of H-pyrrole nitrogens is 1. The van der Waals surface area contributed by atoms with Gasteiger partial charge in [0.2, 0.25) is 11.6 Å². The zero-order valence-electron chi connectivity index (χ0n) is 18.2. The van der Waals surface area contributed by atoms with Gasteiger partial charge in [-0.2, -0.15) is 5.10 Å². The minimum atomic E-state index is -0.411. The van der Waals surface area contributed by atoms with Gasteiger partial charge in [0.25, 0.3) is 0 Å². The van der Waals surface area contributed by atoms with E-state index < -0.39 is 4.92 Å². The molecule has 0 atom stereocenters. The fourth-order valence-electron chi connectivity index (χ4n) is 3.93. The zero-order chi connectivity index (χ0) is 23.3. The highest BCUT2D eigenvalue weighted by Crippen LogP contribution is 2.37. The van der Waals surface area contributed by atoms with Crippen molar-refractivity contribution < 1.29 is 4.92 Å². The SMILES string of the molecule is O=[N+]([O-])c1c(Nc2ccc(-c3ncn[nH]3)cc2)ncnc1N1CCC(Sc2ccccc2)CC1. The maximum absolute atomic E-state index is 12.0. The third-order valence-electron chi connectivity index (χ3n) is 5.61. The lowest BCUT2D eigenvalue weighted by Crippen LogP contribution is -2.35. The van der Waals surface area contributed by atoms with Crippen LogP contribution in [-0.2, 0) is 0 Å². The Labute approximate surface area is 200 Å². The van der Waals surface area contributed by atoms with Gasteiger partial charge < -0.3 is 10.2 Å². The summed E-state index contributed by atoms with van der Waals surface area (Å²) in [5.41, 5.74) is 1.42. The molecule has 0 spiro atoms. The standard InChI is InChI=1S/C23H22N8O2S/c32-31(33)20-22(28-17-8-6-16(7-9-17)21-25-15-27-29-21)24-14-26-23(20)30-12-10-19(11-13-30)34-18-4-2-1-3-5-18/h1-9,14-15,19H,10-13H2,(H,24,26,28)(H,25,27,29). The van der Waals surface area contributed by atoms with Gasteiger partial charge in [0.15, 0.2) is 5.82 Å². The van der Waals surface area contributed by atoms with Crippen LogP contribution in [0.15, 0.2) is 72.1 Å². The number of nitro groups is 1. The molecule has 0 aliphatic carbocycles. The Morgan fingerprint density at radius 3 is 2.44 bits per heavy atom. The lowest BCUT2D eigenvalue weighted by Gasteiger charge is -2.32. The quantitative estimate of drug-likeness (QED) is 0.290. The summed E-state index contributed by atoms with van der Waals surface area (Å²) in [6.45, 7) is 1.40. The number of benzene rings is 2. The Hall–Kier alpha value is -3.99. The van der Waals surface area contributed by atoms with E-state index in [9.17, 15) is 10.1 Å². The highest BCUT2D eigenvalue weighted by Gasteiger charge is 2.30. The minimum absolute atomic E-state index is 0.115. The van der Waals surface area contributed by atoms with E-state index >= 15 is 0 Å². The first-order chi connectivity index (χ1) is 16.7. The van der Waals surface area contributed by atoms with Crippen LogP contribution in [0.25, 0.3) is 11.4 Å². The molecule has 10 nitrogen and oxygen atoms in total. The third-order valence-corrected chi connectivity index (χ3v) is 6.96. The summed E-state index contributed by atoms with van der Waals surface area (Å²) in [4.78, 5) is 27.4. The molecule has 1 saturated heterocycles. The summed E-state index contributed by atoms with van der Waals surface area (Å²) in [6, 6.07) is 17.7. The number of aromatic amines is 1. The predicted molar refractivity (Wildman–Crippen MR) is 131 cm³/mol. The highest BCUT2D eigenvalue weighted by molar-refractivity contribution is 8.00. The molecule has 2 aromatic heterocycles. The van der Waals surface area contributed by atoms with Crippen molar-refractivity contribution in [3.63, 3.8) is 0 Å². The fraction of sp³-hybridized carbons (Fsp3) is 0.217. The average Bonchev–Trinajstić information content (AvgIpc) is 3.40. The number of nitrogens with zero attached hydrogens (tertiary/aromatic N) is 6. The van der Waals surface area contributed by atoms with Crippen LogP contribution >= 0.6 is 11.8 Å². The van der Waals surface area contributed by atoms with Gasteiger partial charge in [-0.1, -0.05) is 18.2 Å². The van der Waals surface area contributed by atoms with Gasteiger partial charge in [-0.15, -0.1) is 11.8 Å². The summed E-state index contributed by atoms with van der Waals surface area (Å²) < 4.78 is 0. The molecular formula is C23H22N8O2S. The summed E-state index contributed by atoms with van der Waals surface area (Å²) >= 11 is 1.86. The molecule has 172 valence electrons. The molecule has 4 aromatic rings. The molecule has 0 saturated carbocycles. The Morgan fingerprint density at radius 1 is 1.00 bits per heavy atom. The van der Waals surface area contributed by atoms with Gasteiger partial charge in [0.05, 0.1) is 4.92 Å². The molecule has 1 aliphatic heterocycles. The number of nitrogens with one attached hydrogen (secondary N) is 2. The monoisotopic (exact) mass is 474 g/mol. The number of hydrogen-bond donors (Lipinski definition) is 2. The van der Waals surface area contributed by atoms with Crippen molar-refractivity contribution in [2.24, 2.45) is 0 Å². The molecule has 0 radical (unpaired) electrons. The summed E-state index contributed by atoms with van der Waals surface area (Å²) in [5.74, 6) is 1.17. The molecule has 0 bridgehead atoms. The van der Waals surface area contributed by atoms with Crippen LogP contribution in [0.1, 0.15) is 12.8 Å². The average molecular weight is 475 g/mol. The second-order valence-corrected chi connectivity index (χ2v) is 9.18. The smallest absolute Gasteiger partial charge is 0.351 e. The largest absolute Gasteiger partial charge is 0.353 e. The van der Waals surface area contributed by atoms with Crippen LogP contribution in [0.5, 0.6) is 0 Å². The van der Waals surface area contributed by atoms with Crippen molar-refractivity contribution in [1.29, 1.82) is 0 Å². The highest BCUT2D eigenvalue weighted by atomic mass is 32.2. The molecule has 0 amide bonds. The Morgan fingerprint density at radius 2 is 1.76 bits per heavy atom. The first-order valence-electron chi connectivity index (χ1n) is 10.9. The van der Waals surface area contributed by atoms with Crippen molar-refractivity contribution in [3.05, 3.63) is 77.4 Å². The lowest BCUT2D eigenvalue weighted by molar-refractivity contribution is -0.383. The first kappa shape index (κ1) is 21.8. The zero-order valence-corrected chi connectivity index (χ0v) is 19.0. The minimum Gasteiger partial charge on any atom is -0.351 e. The number of rotatable bonds is 7. The van der Waals surface area contributed by atoms with Crippen molar-refractivity contribution in [1.82, 2.24) is 25.1 Å². The maximum Gasteiger partial charge on any atom is 0.353 e. The Bertz CT molecular complexity index is 1240. The van der Waals surface area contributed by atoms with E-state index in [1.807, 2.05) is 59.1 Å². The van der Waals surface area contributed by atoms with Crippen LogP contribution in [0.4, 0.5) is 23.0 Å². The Kier molecular flexibility index (Phi) is 6.34. The van der Waals surface area contributed by atoms with Crippen molar-refractivity contribution in [2.45, 2.75) is 23.0 Å². The predicted octanol–water partition coefficient (Wildman–Crippen LogP) is 4.67. The number of thioether (sulfide) groups is 1. The molecule has 0 unspecified atom stereocenters. The lowest BCUT2D eigenvalue weighted by atomic mass is 10.1. The first-order valence-corrected chi connectivity index (χ1v) is 11.7. The third kappa shape index (κ3) is 4.84. The normalized spacial score (nSPS) is 14.2. The number of hydrogen-bond acceptors (Lipinski definition) is 9. The van der Waals surface area contributed by atoms with Crippen LogP contribution in [-0.4, -0.2) is 48.4 Å². The van der Waals surface area contributed by atoms with Gasteiger partial charge in [-0.25, -0.2) is 15.0 Å². The second-order valence-electron chi connectivity index (χ2n) is 7.81. The second kappa shape index (κ2) is 9.87. The summed E-state index contributed by atoms with van der Waals surface area (Å²) in [6.07, 6.45) is 4.66. The molecule has 11 heteroatoms. The van der Waals surface area contributed by atoms with E-state index in [1.165, 1.54) is 17.6 Å². The molecule has 34 heavy (non-hydrogen) atoms. The van der Waals surface area contributed by atoms with E-state index in [1.54, 1.807) is 0 Å². The van der Waals surface area contributed by atoms with Crippen LogP contribution in [0, 0.1) is 10.1 Å². The number of anilines is 3. The van der Waals surface area contributed by atoms with Crippen LogP contribution < -0.4 is 10.2 Å². The van der Waals surface area contributed by atoms with E-state index in [-0.39, 0.29) is 11.5 Å². The summed E-state index contributed by atoms with van der Waals surface area (Å²) in [7, 11) is 0.